The Labute approximate surface area is 85.8 Å². The first-order chi connectivity index (χ1) is 6.86. The molecule has 2 aliphatic rings. The van der Waals surface area contributed by atoms with Gasteiger partial charge in [0, 0.05) is 26.1 Å². The quantitative estimate of drug-likeness (QED) is 0.665. The number of rotatable bonds is 5. The summed E-state index contributed by atoms with van der Waals surface area (Å²) in [5, 5.41) is 3.35. The van der Waals surface area contributed by atoms with Crippen LogP contribution in [0, 0.1) is 5.92 Å². The van der Waals surface area contributed by atoms with E-state index in [-0.39, 0.29) is 0 Å². The molecule has 0 aromatic carbocycles. The largest absolute Gasteiger partial charge is 0.343 e. The van der Waals surface area contributed by atoms with Gasteiger partial charge in [-0.2, -0.15) is 0 Å². The molecular weight excluding hydrogens is 176 g/mol. The van der Waals surface area contributed by atoms with Crippen molar-refractivity contribution in [1.82, 2.24) is 10.2 Å². The van der Waals surface area contributed by atoms with Crippen LogP contribution in [0.3, 0.4) is 0 Å². The van der Waals surface area contributed by atoms with Gasteiger partial charge in [-0.15, -0.1) is 0 Å². The van der Waals surface area contributed by atoms with Crippen molar-refractivity contribution in [3.8, 4) is 0 Å². The Morgan fingerprint density at radius 1 is 1.29 bits per heavy atom. The first kappa shape index (κ1) is 9.97. The molecule has 0 bridgehead atoms. The van der Waals surface area contributed by atoms with E-state index in [0.29, 0.717) is 12.3 Å². The highest BCUT2D eigenvalue weighted by Crippen LogP contribution is 2.27. The molecule has 2 rings (SSSR count). The molecule has 1 saturated heterocycles. The van der Waals surface area contributed by atoms with Gasteiger partial charge in [0.1, 0.15) is 0 Å². The van der Waals surface area contributed by atoms with E-state index in [1.165, 1.54) is 25.7 Å². The first-order valence-corrected chi connectivity index (χ1v) is 5.85. The van der Waals surface area contributed by atoms with Crippen molar-refractivity contribution in [1.29, 1.82) is 0 Å². The smallest absolute Gasteiger partial charge is 0.223 e. The van der Waals surface area contributed by atoms with E-state index < -0.39 is 0 Å². The maximum absolute atomic E-state index is 11.6. The van der Waals surface area contributed by atoms with Gasteiger partial charge in [-0.3, -0.25) is 4.79 Å². The van der Waals surface area contributed by atoms with E-state index in [0.717, 1.165) is 32.1 Å². The minimum absolute atomic E-state index is 0.339. The summed E-state index contributed by atoms with van der Waals surface area (Å²) in [6.07, 6.45) is 5.84. The van der Waals surface area contributed by atoms with Crippen LogP contribution in [-0.2, 0) is 4.79 Å². The third kappa shape index (κ3) is 2.98. The van der Waals surface area contributed by atoms with Crippen LogP contribution in [0.2, 0.25) is 0 Å². The fourth-order valence-electron chi connectivity index (χ4n) is 1.95. The number of carbonyl (C=O) groups is 1. The predicted octanol–water partition coefficient (Wildman–Crippen LogP) is 0.998. The molecule has 2 fully saturated rings. The number of likely N-dealkylation sites (tertiary alicyclic amines) is 1. The van der Waals surface area contributed by atoms with Crippen LogP contribution in [0.15, 0.2) is 0 Å². The fraction of sp³-hybridized carbons (Fsp3) is 0.909. The van der Waals surface area contributed by atoms with Crippen molar-refractivity contribution in [3.05, 3.63) is 0 Å². The molecule has 0 atom stereocenters. The van der Waals surface area contributed by atoms with E-state index in [9.17, 15) is 4.79 Å². The van der Waals surface area contributed by atoms with Crippen LogP contribution < -0.4 is 5.32 Å². The molecule has 0 unspecified atom stereocenters. The molecule has 0 radical (unpaired) electrons. The van der Waals surface area contributed by atoms with E-state index >= 15 is 0 Å². The van der Waals surface area contributed by atoms with Gasteiger partial charge < -0.3 is 10.2 Å². The summed E-state index contributed by atoms with van der Waals surface area (Å²) in [6.45, 7) is 3.96. The zero-order valence-corrected chi connectivity index (χ0v) is 8.80. The summed E-state index contributed by atoms with van der Waals surface area (Å²) in [5.41, 5.74) is 0. The molecule has 3 heteroatoms. The second kappa shape index (κ2) is 4.78. The lowest BCUT2D eigenvalue weighted by atomic mass is 10.3. The molecular formula is C11H20N2O. The highest BCUT2D eigenvalue weighted by atomic mass is 16.2. The number of hydrogen-bond acceptors (Lipinski definition) is 2. The molecule has 1 saturated carbocycles. The average molecular weight is 196 g/mol. The summed E-state index contributed by atoms with van der Waals surface area (Å²) >= 11 is 0. The first-order valence-electron chi connectivity index (χ1n) is 5.85. The number of carbonyl (C=O) groups excluding carboxylic acids is 1. The maximum Gasteiger partial charge on any atom is 0.223 e. The van der Waals surface area contributed by atoms with Crippen LogP contribution in [0.5, 0.6) is 0 Å². The van der Waals surface area contributed by atoms with E-state index in [4.69, 9.17) is 0 Å². The summed E-state index contributed by atoms with van der Waals surface area (Å²) in [4.78, 5) is 13.6. The third-order valence-corrected chi connectivity index (χ3v) is 3.10. The number of hydrogen-bond donors (Lipinski definition) is 1. The van der Waals surface area contributed by atoms with E-state index in [1.807, 2.05) is 4.90 Å². The van der Waals surface area contributed by atoms with Crippen molar-refractivity contribution in [2.45, 2.75) is 32.1 Å². The monoisotopic (exact) mass is 196 g/mol. The van der Waals surface area contributed by atoms with Gasteiger partial charge in [-0.1, -0.05) is 0 Å². The predicted molar refractivity (Wildman–Crippen MR) is 56.0 cm³/mol. The zero-order chi connectivity index (χ0) is 9.80. The highest BCUT2D eigenvalue weighted by Gasteiger charge is 2.21. The van der Waals surface area contributed by atoms with Gasteiger partial charge in [0.2, 0.25) is 5.91 Å². The van der Waals surface area contributed by atoms with Crippen molar-refractivity contribution in [2.24, 2.45) is 5.92 Å². The fourth-order valence-corrected chi connectivity index (χ4v) is 1.95. The maximum atomic E-state index is 11.6. The number of amides is 1. The van der Waals surface area contributed by atoms with Gasteiger partial charge in [-0.05, 0) is 38.1 Å². The Kier molecular flexibility index (Phi) is 3.40. The molecule has 14 heavy (non-hydrogen) atoms. The topological polar surface area (TPSA) is 32.3 Å². The molecule has 0 spiro atoms. The lowest BCUT2D eigenvalue weighted by Gasteiger charge is -2.15. The molecule has 80 valence electrons. The highest BCUT2D eigenvalue weighted by molar-refractivity contribution is 5.76. The van der Waals surface area contributed by atoms with Gasteiger partial charge in [0.15, 0.2) is 0 Å². The Hall–Kier alpha value is -0.570. The van der Waals surface area contributed by atoms with Gasteiger partial charge >= 0.3 is 0 Å². The second-order valence-electron chi connectivity index (χ2n) is 4.49. The van der Waals surface area contributed by atoms with E-state index in [2.05, 4.69) is 5.32 Å². The third-order valence-electron chi connectivity index (χ3n) is 3.10. The normalized spacial score (nSPS) is 21.6. The standard InChI is InChI=1S/C11H20N2O/c14-11(13-7-1-2-8-13)5-6-12-9-10-3-4-10/h10,12H,1-9H2. The molecule has 3 nitrogen and oxygen atoms in total. The van der Waals surface area contributed by atoms with Gasteiger partial charge in [0.05, 0.1) is 0 Å². The molecule has 1 aliphatic carbocycles. The Balaban J connectivity index is 1.52. The van der Waals surface area contributed by atoms with Gasteiger partial charge in [0.25, 0.3) is 0 Å². The molecule has 0 aromatic heterocycles. The average Bonchev–Trinajstić information content (AvgIpc) is 2.84. The molecule has 0 aromatic rings. The van der Waals surface area contributed by atoms with Crippen molar-refractivity contribution in [3.63, 3.8) is 0 Å². The molecule has 1 heterocycles. The Morgan fingerprint density at radius 2 is 2.00 bits per heavy atom. The van der Waals surface area contributed by atoms with Crippen LogP contribution in [0.1, 0.15) is 32.1 Å². The minimum Gasteiger partial charge on any atom is -0.343 e. The second-order valence-corrected chi connectivity index (χ2v) is 4.49. The summed E-state index contributed by atoms with van der Waals surface area (Å²) < 4.78 is 0. The zero-order valence-electron chi connectivity index (χ0n) is 8.80. The molecule has 1 aliphatic heterocycles. The number of nitrogens with one attached hydrogen (secondary N) is 1. The summed E-state index contributed by atoms with van der Waals surface area (Å²) in [5.74, 6) is 1.25. The summed E-state index contributed by atoms with van der Waals surface area (Å²) in [6, 6.07) is 0. The van der Waals surface area contributed by atoms with Gasteiger partial charge in [-0.25, -0.2) is 0 Å². The van der Waals surface area contributed by atoms with Crippen LogP contribution in [0.25, 0.3) is 0 Å². The van der Waals surface area contributed by atoms with Crippen molar-refractivity contribution in [2.75, 3.05) is 26.2 Å². The van der Waals surface area contributed by atoms with Crippen LogP contribution >= 0.6 is 0 Å². The van der Waals surface area contributed by atoms with Crippen molar-refractivity contribution < 1.29 is 4.79 Å². The number of nitrogens with zero attached hydrogens (tertiary/aromatic N) is 1. The Bertz CT molecular complexity index is 195. The summed E-state index contributed by atoms with van der Waals surface area (Å²) in [7, 11) is 0. The Morgan fingerprint density at radius 3 is 2.64 bits per heavy atom. The van der Waals surface area contributed by atoms with Crippen LogP contribution in [0.4, 0.5) is 0 Å². The lowest BCUT2D eigenvalue weighted by molar-refractivity contribution is -0.130. The van der Waals surface area contributed by atoms with Crippen molar-refractivity contribution >= 4 is 5.91 Å². The van der Waals surface area contributed by atoms with Crippen LogP contribution in [-0.4, -0.2) is 37.0 Å². The minimum atomic E-state index is 0.339. The SMILES string of the molecule is O=C(CCNCC1CC1)N1CCCC1. The van der Waals surface area contributed by atoms with E-state index in [1.54, 1.807) is 0 Å². The molecule has 1 N–H and O–H groups in total. The lowest BCUT2D eigenvalue weighted by Crippen LogP contribution is -2.31. The molecule has 1 amide bonds.